The molecule has 0 radical (unpaired) electrons. The largest absolute Gasteiger partial charge is 0.339 e. The van der Waals surface area contributed by atoms with Crippen LogP contribution < -0.4 is 10.6 Å². The molecule has 2 heterocycles. The number of carbonyl (C=O) groups is 2. The lowest BCUT2D eigenvalue weighted by atomic mass is 10.1. The van der Waals surface area contributed by atoms with Gasteiger partial charge in [-0.25, -0.2) is 9.78 Å². The molecule has 1 atom stereocenters. The molecule has 0 spiro atoms. The zero-order valence-corrected chi connectivity index (χ0v) is 16.8. The van der Waals surface area contributed by atoms with E-state index in [4.69, 9.17) is 0 Å². The van der Waals surface area contributed by atoms with Crippen molar-refractivity contribution in [3.8, 4) is 0 Å². The lowest BCUT2D eigenvalue weighted by molar-refractivity contribution is 0.0793. The van der Waals surface area contributed by atoms with E-state index in [0.29, 0.717) is 22.9 Å². The second kappa shape index (κ2) is 8.77. The van der Waals surface area contributed by atoms with Gasteiger partial charge in [0, 0.05) is 24.3 Å². The number of anilines is 1. The Labute approximate surface area is 174 Å². The maximum absolute atomic E-state index is 12.6. The molecule has 3 N–H and O–H groups in total. The van der Waals surface area contributed by atoms with Crippen LogP contribution in [0.15, 0.2) is 54.6 Å². The summed E-state index contributed by atoms with van der Waals surface area (Å²) in [6, 6.07) is 15.6. The van der Waals surface area contributed by atoms with Gasteiger partial charge in [-0.2, -0.15) is 5.10 Å². The Bertz CT molecular complexity index is 1010. The molecule has 154 valence electrons. The van der Waals surface area contributed by atoms with Crippen molar-refractivity contribution in [2.75, 3.05) is 18.4 Å². The van der Waals surface area contributed by atoms with E-state index in [0.717, 1.165) is 31.5 Å². The van der Waals surface area contributed by atoms with Crippen molar-refractivity contribution in [1.29, 1.82) is 0 Å². The van der Waals surface area contributed by atoms with Crippen LogP contribution in [0, 0.1) is 6.92 Å². The summed E-state index contributed by atoms with van der Waals surface area (Å²) in [6.07, 6.45) is 2.11. The lowest BCUT2D eigenvalue weighted by Crippen LogP contribution is -2.34. The van der Waals surface area contributed by atoms with Crippen LogP contribution in [0.25, 0.3) is 0 Å². The molecule has 3 amide bonds. The molecule has 8 nitrogen and oxygen atoms in total. The Morgan fingerprint density at radius 2 is 1.73 bits per heavy atom. The monoisotopic (exact) mass is 404 g/mol. The van der Waals surface area contributed by atoms with Crippen molar-refractivity contribution in [1.82, 2.24) is 25.4 Å². The molecular weight excluding hydrogens is 380 g/mol. The molecule has 1 saturated heterocycles. The van der Waals surface area contributed by atoms with Crippen molar-refractivity contribution in [3.63, 3.8) is 0 Å². The Morgan fingerprint density at radius 1 is 1.03 bits per heavy atom. The van der Waals surface area contributed by atoms with E-state index >= 15 is 0 Å². The maximum atomic E-state index is 12.6. The van der Waals surface area contributed by atoms with E-state index < -0.39 is 6.04 Å². The third kappa shape index (κ3) is 4.48. The average molecular weight is 404 g/mol. The number of aryl methyl sites for hydroxylation is 1. The van der Waals surface area contributed by atoms with Gasteiger partial charge in [-0.15, -0.1) is 0 Å². The van der Waals surface area contributed by atoms with Gasteiger partial charge < -0.3 is 15.5 Å². The molecule has 1 fully saturated rings. The molecular formula is C22H24N6O2. The van der Waals surface area contributed by atoms with Gasteiger partial charge in [0.25, 0.3) is 5.91 Å². The fourth-order valence-corrected chi connectivity index (χ4v) is 3.53. The molecule has 8 heteroatoms. The number of hydrogen-bond acceptors (Lipinski definition) is 4. The smallest absolute Gasteiger partial charge is 0.320 e. The summed E-state index contributed by atoms with van der Waals surface area (Å²) in [4.78, 5) is 31.3. The van der Waals surface area contributed by atoms with Crippen molar-refractivity contribution in [2.45, 2.75) is 25.8 Å². The Balaban J connectivity index is 1.44. The van der Waals surface area contributed by atoms with Gasteiger partial charge >= 0.3 is 6.03 Å². The van der Waals surface area contributed by atoms with Crippen LogP contribution in [0.3, 0.4) is 0 Å². The van der Waals surface area contributed by atoms with E-state index in [-0.39, 0.29) is 11.9 Å². The first kappa shape index (κ1) is 19.6. The van der Waals surface area contributed by atoms with E-state index in [9.17, 15) is 9.59 Å². The summed E-state index contributed by atoms with van der Waals surface area (Å²) in [5.41, 5.74) is 2.10. The molecule has 0 bridgehead atoms. The molecule has 1 unspecified atom stereocenters. The number of likely N-dealkylation sites (tertiary alicyclic amines) is 1. The highest BCUT2D eigenvalue weighted by molar-refractivity contribution is 5.95. The number of nitrogens with zero attached hydrogens (tertiary/aromatic N) is 3. The van der Waals surface area contributed by atoms with Gasteiger partial charge in [0.15, 0.2) is 5.82 Å². The maximum Gasteiger partial charge on any atom is 0.320 e. The first-order chi connectivity index (χ1) is 14.6. The summed E-state index contributed by atoms with van der Waals surface area (Å²) < 4.78 is 0. The van der Waals surface area contributed by atoms with Crippen molar-refractivity contribution in [2.24, 2.45) is 0 Å². The van der Waals surface area contributed by atoms with Crippen LogP contribution in [-0.4, -0.2) is 45.1 Å². The molecule has 1 aromatic heterocycles. The molecule has 3 aromatic rings. The summed E-state index contributed by atoms with van der Waals surface area (Å²) in [6.45, 7) is 3.43. The van der Waals surface area contributed by atoms with Gasteiger partial charge in [0.2, 0.25) is 0 Å². The summed E-state index contributed by atoms with van der Waals surface area (Å²) in [7, 11) is 0. The van der Waals surface area contributed by atoms with Crippen LogP contribution in [0.1, 0.15) is 46.5 Å². The quantitative estimate of drug-likeness (QED) is 0.607. The molecule has 30 heavy (non-hydrogen) atoms. The number of H-pyrrole nitrogens is 1. The first-order valence-corrected chi connectivity index (χ1v) is 10.0. The second-order valence-corrected chi connectivity index (χ2v) is 7.30. The summed E-state index contributed by atoms with van der Waals surface area (Å²) in [5.74, 6) is 1.19. The van der Waals surface area contributed by atoms with Gasteiger partial charge in [-0.3, -0.25) is 9.89 Å². The lowest BCUT2D eigenvalue weighted by Gasteiger charge is -2.17. The molecule has 0 aliphatic carbocycles. The zero-order chi connectivity index (χ0) is 20.9. The molecule has 4 rings (SSSR count). The molecule has 0 saturated carbocycles. The Hall–Kier alpha value is -3.68. The normalized spacial score (nSPS) is 14.4. The third-order valence-electron chi connectivity index (χ3n) is 5.06. The number of urea groups is 1. The number of benzene rings is 2. The fraction of sp³-hybridized carbons (Fsp3) is 0.273. The number of carbonyl (C=O) groups excluding carboxylic acids is 2. The van der Waals surface area contributed by atoms with E-state index in [1.54, 1.807) is 24.3 Å². The van der Waals surface area contributed by atoms with Crippen LogP contribution in [0.2, 0.25) is 0 Å². The van der Waals surface area contributed by atoms with Gasteiger partial charge in [0.05, 0.1) is 0 Å². The minimum atomic E-state index is -0.493. The van der Waals surface area contributed by atoms with Crippen molar-refractivity contribution >= 4 is 17.6 Å². The van der Waals surface area contributed by atoms with Gasteiger partial charge in [0.1, 0.15) is 11.9 Å². The second-order valence-electron chi connectivity index (χ2n) is 7.30. The number of amides is 3. The molecule has 1 aliphatic heterocycles. The number of aromatic nitrogens is 3. The predicted molar refractivity (Wildman–Crippen MR) is 113 cm³/mol. The van der Waals surface area contributed by atoms with Crippen LogP contribution >= 0.6 is 0 Å². The molecule has 2 aromatic carbocycles. The number of hydrogen-bond donors (Lipinski definition) is 3. The topological polar surface area (TPSA) is 103 Å². The van der Waals surface area contributed by atoms with E-state index in [2.05, 4.69) is 25.8 Å². The zero-order valence-electron chi connectivity index (χ0n) is 16.8. The average Bonchev–Trinajstić information content (AvgIpc) is 3.45. The highest BCUT2D eigenvalue weighted by Crippen LogP contribution is 2.20. The number of rotatable bonds is 5. The minimum Gasteiger partial charge on any atom is -0.339 e. The number of nitrogens with one attached hydrogen (secondary N) is 3. The van der Waals surface area contributed by atoms with Crippen molar-refractivity contribution in [3.05, 3.63) is 77.4 Å². The number of aromatic amines is 1. The minimum absolute atomic E-state index is 0.0348. The Morgan fingerprint density at radius 3 is 2.37 bits per heavy atom. The van der Waals surface area contributed by atoms with Gasteiger partial charge in [-0.05, 0) is 49.6 Å². The third-order valence-corrected chi connectivity index (χ3v) is 5.06. The van der Waals surface area contributed by atoms with Gasteiger partial charge in [-0.1, -0.05) is 30.3 Å². The first-order valence-electron chi connectivity index (χ1n) is 10.0. The molecule has 1 aliphatic rings. The highest BCUT2D eigenvalue weighted by Gasteiger charge is 2.22. The summed E-state index contributed by atoms with van der Waals surface area (Å²) in [5, 5.41) is 12.8. The van der Waals surface area contributed by atoms with E-state index in [1.165, 1.54) is 0 Å². The SMILES string of the molecule is Cc1nc(C(NC(=O)Nc2ccc(C(=O)N3CCCC3)cc2)c2ccccc2)n[nH]1. The van der Waals surface area contributed by atoms with E-state index in [1.807, 2.05) is 42.2 Å². The summed E-state index contributed by atoms with van der Waals surface area (Å²) >= 11 is 0. The van der Waals surface area contributed by atoms with Crippen molar-refractivity contribution < 1.29 is 9.59 Å². The van der Waals surface area contributed by atoms with Crippen LogP contribution in [0.5, 0.6) is 0 Å². The van der Waals surface area contributed by atoms with Crippen LogP contribution in [0.4, 0.5) is 10.5 Å². The van der Waals surface area contributed by atoms with Crippen LogP contribution in [-0.2, 0) is 0 Å². The highest BCUT2D eigenvalue weighted by atomic mass is 16.2. The Kier molecular flexibility index (Phi) is 5.74. The standard InChI is InChI=1S/C22H24N6O2/c1-15-23-20(27-26-15)19(16-7-3-2-4-8-16)25-22(30)24-18-11-9-17(10-12-18)21(29)28-13-5-6-14-28/h2-4,7-12,19H,5-6,13-14H2,1H3,(H,23,26,27)(H2,24,25,30). The fourth-order valence-electron chi connectivity index (χ4n) is 3.53. The predicted octanol–water partition coefficient (Wildman–Crippen LogP) is 3.26.